The van der Waals surface area contributed by atoms with Crippen LogP contribution in [-0.4, -0.2) is 13.1 Å². The molecule has 1 atom stereocenters. The summed E-state index contributed by atoms with van der Waals surface area (Å²) in [7, 11) is 0. The van der Waals surface area contributed by atoms with Crippen LogP contribution in [0, 0.1) is 55.4 Å². The number of nitrogens with one attached hydrogen (secondary N) is 1. The van der Waals surface area contributed by atoms with Gasteiger partial charge in [0, 0.05) is 18.8 Å². The van der Waals surface area contributed by atoms with Crippen LogP contribution < -0.4 is 10.2 Å². The second kappa shape index (κ2) is 10.1. The van der Waals surface area contributed by atoms with Gasteiger partial charge in [0.15, 0.2) is 0 Å². The molecule has 5 rings (SSSR count). The molecule has 2 heteroatoms. The van der Waals surface area contributed by atoms with Crippen LogP contribution >= 0.6 is 0 Å². The Morgan fingerprint density at radius 3 is 1.63 bits per heavy atom. The zero-order chi connectivity index (χ0) is 27.2. The summed E-state index contributed by atoms with van der Waals surface area (Å²) < 4.78 is 0. The maximum Gasteiger partial charge on any atom is 0.111 e. The Morgan fingerprint density at radius 1 is 0.579 bits per heavy atom. The van der Waals surface area contributed by atoms with Crippen LogP contribution in [0.25, 0.3) is 0 Å². The number of hydrogen-bond acceptors (Lipinski definition) is 2. The van der Waals surface area contributed by atoms with Crippen LogP contribution in [0.15, 0.2) is 72.8 Å². The molecule has 1 unspecified atom stereocenters. The van der Waals surface area contributed by atoms with Crippen molar-refractivity contribution in [3.8, 4) is 0 Å². The molecule has 2 nitrogen and oxygen atoms in total. The molecule has 1 saturated heterocycles. The van der Waals surface area contributed by atoms with E-state index in [-0.39, 0.29) is 6.04 Å². The maximum absolute atomic E-state index is 4.08. The summed E-state index contributed by atoms with van der Waals surface area (Å²) in [6.07, 6.45) is 0. The van der Waals surface area contributed by atoms with Gasteiger partial charge in [0.1, 0.15) is 5.54 Å². The van der Waals surface area contributed by atoms with Gasteiger partial charge in [-0.25, -0.2) is 0 Å². The van der Waals surface area contributed by atoms with Crippen LogP contribution in [0.4, 0.5) is 5.69 Å². The van der Waals surface area contributed by atoms with Crippen LogP contribution in [0.5, 0.6) is 0 Å². The van der Waals surface area contributed by atoms with Crippen molar-refractivity contribution in [3.63, 3.8) is 0 Å². The highest BCUT2D eigenvalue weighted by Crippen LogP contribution is 2.53. The van der Waals surface area contributed by atoms with Crippen molar-refractivity contribution in [2.75, 3.05) is 18.0 Å². The topological polar surface area (TPSA) is 15.3 Å². The first-order valence-electron chi connectivity index (χ1n) is 14.0. The molecule has 0 aliphatic carbocycles. The Kier molecular flexibility index (Phi) is 6.96. The molecule has 38 heavy (non-hydrogen) atoms. The lowest BCUT2D eigenvalue weighted by Crippen LogP contribution is -2.62. The molecule has 1 heterocycles. The van der Waals surface area contributed by atoms with Crippen molar-refractivity contribution in [1.29, 1.82) is 0 Å². The van der Waals surface area contributed by atoms with Crippen LogP contribution in [0.1, 0.15) is 67.2 Å². The number of aryl methyl sites for hydroxylation is 4. The predicted molar refractivity (Wildman–Crippen MR) is 163 cm³/mol. The number of nitrogens with zero attached hydrogens (tertiary/aromatic N) is 1. The van der Waals surface area contributed by atoms with Gasteiger partial charge in [0.05, 0.1) is 6.04 Å². The van der Waals surface area contributed by atoms with Crippen molar-refractivity contribution in [2.45, 2.75) is 67.0 Å². The Labute approximate surface area is 229 Å². The molecular formula is C36H42N2. The van der Waals surface area contributed by atoms with E-state index in [2.05, 4.69) is 138 Å². The van der Waals surface area contributed by atoms with Crippen molar-refractivity contribution < 1.29 is 0 Å². The van der Waals surface area contributed by atoms with Gasteiger partial charge in [-0.15, -0.1) is 0 Å². The SMILES string of the molecule is Cc1cccc(C2NCCN(c3cccc(C)c3C)C2(c2cccc(C)c2C)c2cccc(C)c2C)c1C. The van der Waals surface area contributed by atoms with Gasteiger partial charge in [0.2, 0.25) is 0 Å². The van der Waals surface area contributed by atoms with Crippen LogP contribution in [0.2, 0.25) is 0 Å². The van der Waals surface area contributed by atoms with E-state index in [9.17, 15) is 0 Å². The molecule has 196 valence electrons. The summed E-state index contributed by atoms with van der Waals surface area (Å²) in [6, 6.07) is 27.4. The van der Waals surface area contributed by atoms with Crippen LogP contribution in [0.3, 0.4) is 0 Å². The van der Waals surface area contributed by atoms with Crippen molar-refractivity contribution in [2.24, 2.45) is 0 Å². The molecule has 0 spiro atoms. The Hall–Kier alpha value is -3.36. The summed E-state index contributed by atoms with van der Waals surface area (Å²) >= 11 is 0. The smallest absolute Gasteiger partial charge is 0.111 e. The maximum atomic E-state index is 4.08. The second-order valence-electron chi connectivity index (χ2n) is 11.3. The Balaban J connectivity index is 1.99. The largest absolute Gasteiger partial charge is 0.354 e. The van der Waals surface area contributed by atoms with E-state index in [0.29, 0.717) is 0 Å². The van der Waals surface area contributed by atoms with E-state index < -0.39 is 5.54 Å². The lowest BCUT2D eigenvalue weighted by Gasteiger charge is -2.56. The van der Waals surface area contributed by atoms with E-state index in [1.165, 1.54) is 66.9 Å². The number of benzene rings is 4. The average molecular weight is 503 g/mol. The summed E-state index contributed by atoms with van der Waals surface area (Å²) in [5.74, 6) is 0. The van der Waals surface area contributed by atoms with Gasteiger partial charge in [-0.05, 0) is 123 Å². The Bertz CT molecular complexity index is 1380. The number of anilines is 1. The first-order valence-corrected chi connectivity index (χ1v) is 14.0. The molecule has 4 aromatic carbocycles. The summed E-state index contributed by atoms with van der Waals surface area (Å²) in [5.41, 5.74) is 15.8. The molecular weight excluding hydrogens is 460 g/mol. The van der Waals surface area contributed by atoms with E-state index in [0.717, 1.165) is 13.1 Å². The summed E-state index contributed by atoms with van der Waals surface area (Å²) in [5, 5.41) is 4.08. The quantitative estimate of drug-likeness (QED) is 0.302. The molecule has 0 bridgehead atoms. The highest BCUT2D eigenvalue weighted by molar-refractivity contribution is 5.67. The molecule has 4 aromatic rings. The van der Waals surface area contributed by atoms with E-state index in [1.807, 2.05) is 0 Å². The highest BCUT2D eigenvalue weighted by atomic mass is 15.3. The fourth-order valence-electron chi connectivity index (χ4n) is 6.64. The van der Waals surface area contributed by atoms with Crippen molar-refractivity contribution in [1.82, 2.24) is 5.32 Å². The van der Waals surface area contributed by atoms with Gasteiger partial charge in [-0.2, -0.15) is 0 Å². The van der Waals surface area contributed by atoms with E-state index in [1.54, 1.807) is 0 Å². The summed E-state index contributed by atoms with van der Waals surface area (Å²) in [4.78, 5) is 2.74. The monoisotopic (exact) mass is 502 g/mol. The third kappa shape index (κ3) is 3.98. The molecule has 1 aliphatic rings. The lowest BCUT2D eigenvalue weighted by atomic mass is 9.67. The molecule has 1 fully saturated rings. The third-order valence-corrected chi connectivity index (χ3v) is 9.38. The van der Waals surface area contributed by atoms with Gasteiger partial charge in [-0.3, -0.25) is 0 Å². The van der Waals surface area contributed by atoms with Crippen LogP contribution in [-0.2, 0) is 5.54 Å². The number of piperazine rings is 1. The van der Waals surface area contributed by atoms with Gasteiger partial charge in [-0.1, -0.05) is 66.7 Å². The number of hydrogen-bond donors (Lipinski definition) is 1. The first kappa shape index (κ1) is 26.3. The van der Waals surface area contributed by atoms with Gasteiger partial charge < -0.3 is 10.2 Å². The van der Waals surface area contributed by atoms with E-state index in [4.69, 9.17) is 0 Å². The minimum atomic E-state index is -0.443. The zero-order valence-electron chi connectivity index (χ0n) is 24.4. The molecule has 0 saturated carbocycles. The fraction of sp³-hybridized carbons (Fsp3) is 0.333. The molecule has 1 N–H and O–H groups in total. The molecule has 0 aromatic heterocycles. The lowest BCUT2D eigenvalue weighted by molar-refractivity contribution is 0.287. The normalized spacial score (nSPS) is 17.1. The third-order valence-electron chi connectivity index (χ3n) is 9.38. The molecule has 0 amide bonds. The highest BCUT2D eigenvalue weighted by Gasteiger charge is 2.52. The molecule has 1 aliphatic heterocycles. The number of rotatable bonds is 4. The Morgan fingerprint density at radius 2 is 1.05 bits per heavy atom. The summed E-state index contributed by atoms with van der Waals surface area (Å²) in [6.45, 7) is 20.0. The van der Waals surface area contributed by atoms with Crippen molar-refractivity contribution >= 4 is 5.69 Å². The zero-order valence-corrected chi connectivity index (χ0v) is 24.4. The molecule has 0 radical (unpaired) electrons. The minimum absolute atomic E-state index is 0.0667. The average Bonchev–Trinajstić information content (AvgIpc) is 2.90. The minimum Gasteiger partial charge on any atom is -0.354 e. The van der Waals surface area contributed by atoms with E-state index >= 15 is 0 Å². The first-order chi connectivity index (χ1) is 18.2. The van der Waals surface area contributed by atoms with Crippen molar-refractivity contribution in [3.05, 3.63) is 134 Å². The second-order valence-corrected chi connectivity index (χ2v) is 11.3. The van der Waals surface area contributed by atoms with Gasteiger partial charge >= 0.3 is 0 Å². The fourth-order valence-corrected chi connectivity index (χ4v) is 6.64. The predicted octanol–water partition coefficient (Wildman–Crippen LogP) is 8.25. The van der Waals surface area contributed by atoms with Gasteiger partial charge in [0.25, 0.3) is 0 Å². The standard InChI is InChI=1S/C36H42N2/c1-23-13-9-17-31(27(23)5)35-36(32-18-10-14-24(2)28(32)6,33-19-11-15-25(3)29(33)7)38(22-21-37-35)34-20-12-16-26(4)30(34)8/h9-20,35,37H,21-22H2,1-8H3.